The molecule has 1 aliphatic rings. The van der Waals surface area contributed by atoms with Gasteiger partial charge in [-0.2, -0.15) is 0 Å². The molecule has 0 aliphatic carbocycles. The molecule has 1 rings (SSSR count). The fraction of sp³-hybridized carbons (Fsp3) is 1.00. The van der Waals surface area contributed by atoms with Crippen LogP contribution in [0, 0.1) is 0 Å². The molecule has 1 heterocycles. The summed E-state index contributed by atoms with van der Waals surface area (Å²) in [5, 5.41) is 0. The highest BCUT2D eigenvalue weighted by Crippen LogP contribution is 2.14. The molecule has 16 heavy (non-hydrogen) atoms. The average molecular weight is 232 g/mol. The molecule has 0 bridgehead atoms. The average Bonchev–Trinajstić information content (AvgIpc) is 2.78. The second kappa shape index (κ2) is 8.93. The van der Waals surface area contributed by atoms with Crippen molar-refractivity contribution in [1.82, 2.24) is 0 Å². The highest BCUT2D eigenvalue weighted by molar-refractivity contribution is 4.54. The molecule has 1 fully saturated rings. The van der Waals surface area contributed by atoms with Crippen molar-refractivity contribution in [2.24, 2.45) is 0 Å². The number of unbranched alkanes of at least 4 members (excludes halogenated alkanes) is 1. The highest BCUT2D eigenvalue weighted by Gasteiger charge is 2.15. The molecule has 0 aromatic heterocycles. The van der Waals surface area contributed by atoms with Gasteiger partial charge in [0.25, 0.3) is 0 Å². The Morgan fingerprint density at radius 2 is 1.69 bits per heavy atom. The van der Waals surface area contributed by atoms with E-state index < -0.39 is 0 Å². The molecule has 96 valence electrons. The summed E-state index contributed by atoms with van der Waals surface area (Å²) >= 11 is 0. The largest absolute Gasteiger partial charge is 0.353 e. The predicted molar refractivity (Wildman–Crippen MR) is 61.2 cm³/mol. The van der Waals surface area contributed by atoms with Crippen molar-refractivity contribution < 1.29 is 18.9 Å². The molecular weight excluding hydrogens is 208 g/mol. The van der Waals surface area contributed by atoms with Crippen LogP contribution in [0.5, 0.6) is 0 Å². The van der Waals surface area contributed by atoms with Crippen LogP contribution in [0.15, 0.2) is 0 Å². The van der Waals surface area contributed by atoms with Gasteiger partial charge < -0.3 is 18.9 Å². The monoisotopic (exact) mass is 232 g/mol. The SMILES string of the molecule is CCOC(CCCCC1OCCO1)OCC. The molecule has 0 amide bonds. The van der Waals surface area contributed by atoms with Crippen LogP contribution >= 0.6 is 0 Å². The minimum Gasteiger partial charge on any atom is -0.353 e. The number of ether oxygens (including phenoxy) is 4. The lowest BCUT2D eigenvalue weighted by atomic mass is 10.2. The van der Waals surface area contributed by atoms with Gasteiger partial charge in [-0.1, -0.05) is 0 Å². The molecule has 0 N–H and O–H groups in total. The van der Waals surface area contributed by atoms with E-state index in [9.17, 15) is 0 Å². The van der Waals surface area contributed by atoms with E-state index in [1.165, 1.54) is 0 Å². The zero-order chi connectivity index (χ0) is 11.6. The maximum Gasteiger partial charge on any atom is 0.157 e. The van der Waals surface area contributed by atoms with Crippen molar-refractivity contribution in [3.8, 4) is 0 Å². The van der Waals surface area contributed by atoms with Gasteiger partial charge >= 0.3 is 0 Å². The zero-order valence-corrected chi connectivity index (χ0v) is 10.4. The maximum absolute atomic E-state index is 5.47. The standard InChI is InChI=1S/C12H24O4/c1-3-13-11(14-4-2)7-5-6-8-12-15-9-10-16-12/h11-12H,3-10H2,1-2H3. The van der Waals surface area contributed by atoms with Gasteiger partial charge in [0.05, 0.1) is 13.2 Å². The van der Waals surface area contributed by atoms with E-state index in [1.54, 1.807) is 0 Å². The quantitative estimate of drug-likeness (QED) is 0.451. The van der Waals surface area contributed by atoms with Crippen molar-refractivity contribution in [3.05, 3.63) is 0 Å². The second-order valence-electron chi connectivity index (χ2n) is 3.80. The first kappa shape index (κ1) is 13.9. The van der Waals surface area contributed by atoms with Crippen LogP contribution < -0.4 is 0 Å². The van der Waals surface area contributed by atoms with Crippen LogP contribution in [0.4, 0.5) is 0 Å². The third-order valence-corrected chi connectivity index (χ3v) is 2.53. The van der Waals surface area contributed by atoms with Crippen LogP contribution in [0.3, 0.4) is 0 Å². The van der Waals surface area contributed by atoms with Gasteiger partial charge in [0.15, 0.2) is 12.6 Å². The molecule has 1 saturated heterocycles. The Morgan fingerprint density at radius 3 is 2.25 bits per heavy atom. The summed E-state index contributed by atoms with van der Waals surface area (Å²) in [5.41, 5.74) is 0. The maximum atomic E-state index is 5.47. The molecule has 0 saturated carbocycles. The van der Waals surface area contributed by atoms with Gasteiger partial charge in [0.2, 0.25) is 0 Å². The first-order chi connectivity index (χ1) is 7.86. The Labute approximate surface area is 98.2 Å². The third-order valence-electron chi connectivity index (χ3n) is 2.53. The first-order valence-electron chi connectivity index (χ1n) is 6.33. The van der Waals surface area contributed by atoms with Crippen LogP contribution in [-0.4, -0.2) is 39.0 Å². The van der Waals surface area contributed by atoms with E-state index in [0.29, 0.717) is 13.2 Å². The summed E-state index contributed by atoms with van der Waals surface area (Å²) in [5.74, 6) is 0. The zero-order valence-electron chi connectivity index (χ0n) is 10.4. The molecule has 4 heteroatoms. The molecule has 0 aromatic rings. The molecule has 0 unspecified atom stereocenters. The van der Waals surface area contributed by atoms with E-state index in [2.05, 4.69) is 0 Å². The third kappa shape index (κ3) is 5.80. The van der Waals surface area contributed by atoms with E-state index in [4.69, 9.17) is 18.9 Å². The van der Waals surface area contributed by atoms with Gasteiger partial charge in [-0.05, 0) is 39.5 Å². The van der Waals surface area contributed by atoms with Crippen LogP contribution in [-0.2, 0) is 18.9 Å². The Morgan fingerprint density at radius 1 is 1.06 bits per heavy atom. The smallest absolute Gasteiger partial charge is 0.157 e. The molecule has 0 spiro atoms. The second-order valence-corrected chi connectivity index (χ2v) is 3.80. The number of hydrogen-bond acceptors (Lipinski definition) is 4. The van der Waals surface area contributed by atoms with Crippen molar-refractivity contribution >= 4 is 0 Å². The van der Waals surface area contributed by atoms with Crippen LogP contribution in [0.1, 0.15) is 39.5 Å². The number of rotatable bonds is 9. The van der Waals surface area contributed by atoms with Crippen molar-refractivity contribution in [1.29, 1.82) is 0 Å². The normalized spacial score (nSPS) is 17.4. The summed E-state index contributed by atoms with van der Waals surface area (Å²) in [7, 11) is 0. The summed E-state index contributed by atoms with van der Waals surface area (Å²) in [6, 6.07) is 0. The summed E-state index contributed by atoms with van der Waals surface area (Å²) < 4.78 is 21.7. The van der Waals surface area contributed by atoms with Crippen molar-refractivity contribution in [3.63, 3.8) is 0 Å². The Bertz CT molecular complexity index is 151. The topological polar surface area (TPSA) is 36.9 Å². The summed E-state index contributed by atoms with van der Waals surface area (Å²) in [4.78, 5) is 0. The van der Waals surface area contributed by atoms with Crippen LogP contribution in [0.25, 0.3) is 0 Å². The minimum absolute atomic E-state index is 0.0256. The highest BCUT2D eigenvalue weighted by atomic mass is 16.7. The van der Waals surface area contributed by atoms with Gasteiger partial charge in [-0.3, -0.25) is 0 Å². The Balaban J connectivity index is 1.98. The van der Waals surface area contributed by atoms with E-state index in [0.717, 1.165) is 38.9 Å². The molecule has 1 aliphatic heterocycles. The Hall–Kier alpha value is -0.160. The lowest BCUT2D eigenvalue weighted by molar-refractivity contribution is -0.140. The predicted octanol–water partition coefficient (Wildman–Crippen LogP) is 2.32. The van der Waals surface area contributed by atoms with Crippen molar-refractivity contribution in [2.75, 3.05) is 26.4 Å². The van der Waals surface area contributed by atoms with E-state index >= 15 is 0 Å². The van der Waals surface area contributed by atoms with E-state index in [1.807, 2.05) is 13.8 Å². The van der Waals surface area contributed by atoms with Crippen molar-refractivity contribution in [2.45, 2.75) is 52.1 Å². The lowest BCUT2D eigenvalue weighted by Crippen LogP contribution is -2.17. The summed E-state index contributed by atoms with van der Waals surface area (Å²) in [6.07, 6.45) is 4.10. The lowest BCUT2D eigenvalue weighted by Gasteiger charge is -2.17. The molecule has 0 atom stereocenters. The van der Waals surface area contributed by atoms with Gasteiger partial charge in [0, 0.05) is 13.2 Å². The molecule has 4 nitrogen and oxygen atoms in total. The number of hydrogen-bond donors (Lipinski definition) is 0. The fourth-order valence-electron chi connectivity index (χ4n) is 1.78. The van der Waals surface area contributed by atoms with E-state index in [-0.39, 0.29) is 12.6 Å². The van der Waals surface area contributed by atoms with Gasteiger partial charge in [-0.15, -0.1) is 0 Å². The van der Waals surface area contributed by atoms with Gasteiger partial charge in [0.1, 0.15) is 0 Å². The van der Waals surface area contributed by atoms with Crippen LogP contribution in [0.2, 0.25) is 0 Å². The van der Waals surface area contributed by atoms with Gasteiger partial charge in [-0.25, -0.2) is 0 Å². The summed E-state index contributed by atoms with van der Waals surface area (Å²) in [6.45, 7) is 6.88. The fourth-order valence-corrected chi connectivity index (χ4v) is 1.78. The molecular formula is C12H24O4. The molecule has 0 radical (unpaired) electrons. The first-order valence-corrected chi connectivity index (χ1v) is 6.33. The molecule has 0 aromatic carbocycles. The Kier molecular flexibility index (Phi) is 7.76. The minimum atomic E-state index is -0.0413.